The molecular formula is C18H18ClF3N4O2S. The molecule has 0 spiro atoms. The zero-order valence-corrected chi connectivity index (χ0v) is 16.9. The van der Waals surface area contributed by atoms with Gasteiger partial charge in [-0.1, -0.05) is 11.6 Å². The standard InChI is InChI=1S/C18H18ClF3N4O2S/c1-29(27)25-17(24)26-8-13(10-2-3-10)11(6-16(26)23)9-28-12-4-5-15(19)14(7-12)18(20,21)22/h4-8,10,23H,2-3,9H2,1H3,(H2,24,25). The minimum Gasteiger partial charge on any atom is -0.489 e. The van der Waals surface area contributed by atoms with Crippen molar-refractivity contribution in [1.82, 2.24) is 4.57 Å². The third kappa shape index (κ3) is 5.18. The lowest BCUT2D eigenvalue weighted by atomic mass is 10.1. The number of pyridine rings is 1. The van der Waals surface area contributed by atoms with E-state index in [0.29, 0.717) is 5.56 Å². The van der Waals surface area contributed by atoms with Gasteiger partial charge in [0.15, 0.2) is 0 Å². The molecule has 0 aliphatic heterocycles. The minimum atomic E-state index is -4.58. The predicted octanol–water partition coefficient (Wildman–Crippen LogP) is 3.55. The fourth-order valence-electron chi connectivity index (χ4n) is 2.83. The van der Waals surface area contributed by atoms with E-state index in [0.717, 1.165) is 30.5 Å². The molecule has 1 aliphatic rings. The maximum Gasteiger partial charge on any atom is 0.417 e. The van der Waals surface area contributed by atoms with Gasteiger partial charge in [0.1, 0.15) is 28.8 Å². The molecule has 1 heterocycles. The van der Waals surface area contributed by atoms with Crippen LogP contribution in [0.2, 0.25) is 5.02 Å². The first-order valence-corrected chi connectivity index (χ1v) is 10.4. The van der Waals surface area contributed by atoms with Crippen LogP contribution in [0.5, 0.6) is 5.75 Å². The molecule has 29 heavy (non-hydrogen) atoms. The van der Waals surface area contributed by atoms with Crippen molar-refractivity contribution in [3.8, 4) is 5.75 Å². The largest absolute Gasteiger partial charge is 0.489 e. The van der Waals surface area contributed by atoms with Gasteiger partial charge < -0.3 is 10.5 Å². The summed E-state index contributed by atoms with van der Waals surface area (Å²) in [6.45, 7) is -0.0196. The average Bonchev–Trinajstić information content (AvgIpc) is 3.44. The summed E-state index contributed by atoms with van der Waals surface area (Å²) in [5, 5.41) is 7.75. The minimum absolute atomic E-state index is 0.00760. The number of nitrogens with two attached hydrogens (primary N) is 1. The Morgan fingerprint density at radius 2 is 2.10 bits per heavy atom. The van der Waals surface area contributed by atoms with Crippen molar-refractivity contribution in [2.75, 3.05) is 6.26 Å². The van der Waals surface area contributed by atoms with Gasteiger partial charge >= 0.3 is 6.18 Å². The van der Waals surface area contributed by atoms with Crippen molar-refractivity contribution in [3.05, 3.63) is 57.7 Å². The van der Waals surface area contributed by atoms with E-state index in [9.17, 15) is 17.4 Å². The van der Waals surface area contributed by atoms with Gasteiger partial charge in [-0.25, -0.2) is 4.21 Å². The van der Waals surface area contributed by atoms with Gasteiger partial charge in [-0.2, -0.15) is 17.6 Å². The van der Waals surface area contributed by atoms with Crippen LogP contribution in [-0.4, -0.2) is 21.0 Å². The van der Waals surface area contributed by atoms with Gasteiger partial charge in [-0.15, -0.1) is 0 Å². The Morgan fingerprint density at radius 3 is 2.69 bits per heavy atom. The highest BCUT2D eigenvalue weighted by molar-refractivity contribution is 7.83. The number of alkyl halides is 3. The zero-order valence-electron chi connectivity index (χ0n) is 15.3. The molecule has 1 aromatic carbocycles. The number of benzene rings is 1. The fraction of sp³-hybridized carbons (Fsp3) is 0.333. The van der Waals surface area contributed by atoms with Crippen molar-refractivity contribution in [2.45, 2.75) is 31.5 Å². The molecule has 2 aromatic rings. The zero-order chi connectivity index (χ0) is 21.3. The Hall–Kier alpha value is -2.33. The molecular weight excluding hydrogens is 429 g/mol. The molecule has 1 fully saturated rings. The molecule has 1 aromatic heterocycles. The lowest BCUT2D eigenvalue weighted by Gasteiger charge is -2.15. The summed E-state index contributed by atoms with van der Waals surface area (Å²) in [5.41, 5.74) is 6.38. The summed E-state index contributed by atoms with van der Waals surface area (Å²) in [7, 11) is -1.52. The summed E-state index contributed by atoms with van der Waals surface area (Å²) >= 11 is 5.63. The van der Waals surface area contributed by atoms with Crippen molar-refractivity contribution in [1.29, 1.82) is 5.41 Å². The normalized spacial score (nSPS) is 16.0. The van der Waals surface area contributed by atoms with Crippen LogP contribution in [0.15, 0.2) is 34.9 Å². The van der Waals surface area contributed by atoms with E-state index in [1.54, 1.807) is 6.20 Å². The third-order valence-corrected chi connectivity index (χ3v) is 5.11. The van der Waals surface area contributed by atoms with E-state index in [1.165, 1.54) is 23.0 Å². The van der Waals surface area contributed by atoms with E-state index in [-0.39, 0.29) is 29.7 Å². The number of hydrogen-bond donors (Lipinski definition) is 2. The van der Waals surface area contributed by atoms with E-state index >= 15 is 0 Å². The first-order valence-electron chi connectivity index (χ1n) is 8.54. The highest BCUT2D eigenvalue weighted by Gasteiger charge is 2.33. The molecule has 3 rings (SSSR count). The molecule has 156 valence electrons. The van der Waals surface area contributed by atoms with Crippen molar-refractivity contribution in [2.24, 2.45) is 10.1 Å². The van der Waals surface area contributed by atoms with Gasteiger partial charge in [-0.05, 0) is 54.2 Å². The number of ether oxygens (including phenoxy) is 1. The Labute approximate surface area is 172 Å². The van der Waals surface area contributed by atoms with Crippen LogP contribution in [0.3, 0.4) is 0 Å². The maximum absolute atomic E-state index is 13.0. The second-order valence-electron chi connectivity index (χ2n) is 6.58. The van der Waals surface area contributed by atoms with Gasteiger partial charge in [0.2, 0.25) is 5.96 Å². The van der Waals surface area contributed by atoms with Crippen LogP contribution in [0.25, 0.3) is 0 Å². The monoisotopic (exact) mass is 446 g/mol. The first-order chi connectivity index (χ1) is 13.6. The first kappa shape index (κ1) is 21.4. The number of aromatic nitrogens is 1. The Kier molecular flexibility index (Phi) is 6.04. The lowest BCUT2D eigenvalue weighted by molar-refractivity contribution is -0.137. The van der Waals surface area contributed by atoms with Crippen LogP contribution >= 0.6 is 11.6 Å². The SMILES string of the molecule is CS(=O)/N=C(\N)n1cc(C2CC2)c(COc2ccc(Cl)c(C(F)(F)F)c2)cc1=N. The lowest BCUT2D eigenvalue weighted by Crippen LogP contribution is -2.34. The number of nitrogens with one attached hydrogen (secondary N) is 1. The van der Waals surface area contributed by atoms with Crippen molar-refractivity contribution in [3.63, 3.8) is 0 Å². The Bertz CT molecular complexity index is 1050. The summed E-state index contributed by atoms with van der Waals surface area (Å²) in [6, 6.07) is 4.87. The fourth-order valence-corrected chi connectivity index (χ4v) is 3.41. The average molecular weight is 447 g/mol. The van der Waals surface area contributed by atoms with E-state index in [2.05, 4.69) is 4.40 Å². The molecule has 1 atom stereocenters. The smallest absolute Gasteiger partial charge is 0.417 e. The van der Waals surface area contributed by atoms with Crippen LogP contribution in [-0.2, 0) is 23.8 Å². The second-order valence-corrected chi connectivity index (χ2v) is 8.02. The summed E-state index contributed by atoms with van der Waals surface area (Å²) in [5.74, 6) is 0.197. The van der Waals surface area contributed by atoms with Gasteiger partial charge in [0.05, 0.1) is 10.6 Å². The van der Waals surface area contributed by atoms with Crippen molar-refractivity contribution >= 4 is 28.5 Å². The topological polar surface area (TPSA) is 93.5 Å². The van der Waals surface area contributed by atoms with Crippen LogP contribution in [0.1, 0.15) is 35.4 Å². The van der Waals surface area contributed by atoms with Crippen molar-refractivity contribution < 1.29 is 22.1 Å². The van der Waals surface area contributed by atoms with E-state index in [1.807, 2.05) is 0 Å². The second kappa shape index (κ2) is 8.19. The third-order valence-electron chi connectivity index (χ3n) is 4.33. The van der Waals surface area contributed by atoms with E-state index in [4.69, 9.17) is 27.5 Å². The number of nitrogens with zero attached hydrogens (tertiary/aromatic N) is 2. The number of halogens is 4. The molecule has 0 bridgehead atoms. The van der Waals surface area contributed by atoms with Gasteiger partial charge in [0.25, 0.3) is 0 Å². The van der Waals surface area contributed by atoms with Gasteiger partial charge in [0, 0.05) is 12.5 Å². The summed E-state index contributed by atoms with van der Waals surface area (Å²) in [4.78, 5) is 0. The number of rotatable bonds is 5. The van der Waals surface area contributed by atoms with Gasteiger partial charge in [-0.3, -0.25) is 9.98 Å². The molecule has 3 N–H and O–H groups in total. The van der Waals surface area contributed by atoms with E-state index < -0.39 is 27.7 Å². The van der Waals surface area contributed by atoms with Crippen LogP contribution in [0.4, 0.5) is 13.2 Å². The van der Waals surface area contributed by atoms with Crippen LogP contribution in [0, 0.1) is 5.41 Å². The molecule has 0 radical (unpaired) electrons. The molecule has 11 heteroatoms. The maximum atomic E-state index is 13.0. The highest BCUT2D eigenvalue weighted by atomic mass is 35.5. The summed E-state index contributed by atoms with van der Waals surface area (Å²) < 4.78 is 61.0. The molecule has 1 unspecified atom stereocenters. The quantitative estimate of drug-likeness (QED) is 0.543. The number of hydrogen-bond acceptors (Lipinski definition) is 3. The molecule has 0 saturated heterocycles. The molecule has 1 saturated carbocycles. The Morgan fingerprint density at radius 1 is 1.41 bits per heavy atom. The predicted molar refractivity (Wildman–Crippen MR) is 104 cm³/mol. The molecule has 6 nitrogen and oxygen atoms in total. The summed E-state index contributed by atoms with van der Waals surface area (Å²) in [6.07, 6.45) is 0.314. The molecule has 1 aliphatic carbocycles. The van der Waals surface area contributed by atoms with Crippen LogP contribution < -0.4 is 16.0 Å². The molecule has 0 amide bonds. The Balaban J connectivity index is 1.89. The highest BCUT2D eigenvalue weighted by Crippen LogP contribution is 2.41.